The van der Waals surface area contributed by atoms with Gasteiger partial charge in [0.2, 0.25) is 0 Å². The van der Waals surface area contributed by atoms with Gasteiger partial charge in [0.25, 0.3) is 5.91 Å². The van der Waals surface area contributed by atoms with Crippen LogP contribution in [0.4, 0.5) is 0 Å². The van der Waals surface area contributed by atoms with Gasteiger partial charge >= 0.3 is 0 Å². The predicted molar refractivity (Wildman–Crippen MR) is 86.4 cm³/mol. The number of imidazole rings is 1. The Morgan fingerprint density at radius 3 is 3.00 bits per heavy atom. The van der Waals surface area contributed by atoms with Gasteiger partial charge in [-0.1, -0.05) is 29.8 Å². The summed E-state index contributed by atoms with van der Waals surface area (Å²) in [6, 6.07) is 12.8. The van der Waals surface area contributed by atoms with E-state index in [1.54, 1.807) is 35.9 Å². The smallest absolute Gasteiger partial charge is 0.290 e. The molecule has 0 saturated carbocycles. The van der Waals surface area contributed by atoms with Crippen molar-refractivity contribution in [2.45, 2.75) is 6.92 Å². The van der Waals surface area contributed by atoms with Crippen LogP contribution >= 0.6 is 11.6 Å². The molecule has 6 heteroatoms. The van der Waals surface area contributed by atoms with E-state index in [1.807, 2.05) is 30.3 Å². The van der Waals surface area contributed by atoms with Crippen LogP contribution in [-0.2, 0) is 0 Å². The Balaban J connectivity index is 1.81. The lowest BCUT2D eigenvalue weighted by molar-refractivity contribution is 0.0948. The van der Waals surface area contributed by atoms with Gasteiger partial charge in [0.1, 0.15) is 11.3 Å². The minimum atomic E-state index is -0.311. The van der Waals surface area contributed by atoms with Gasteiger partial charge in [-0.15, -0.1) is 0 Å². The highest BCUT2D eigenvalue weighted by Crippen LogP contribution is 2.11. The summed E-state index contributed by atoms with van der Waals surface area (Å²) in [7, 11) is 0. The third-order valence-corrected chi connectivity index (χ3v) is 3.38. The van der Waals surface area contributed by atoms with Crippen LogP contribution in [0.1, 0.15) is 21.7 Å². The topological polar surface area (TPSA) is 58.8 Å². The Labute approximate surface area is 132 Å². The minimum absolute atomic E-state index is 0.311. The second kappa shape index (κ2) is 5.99. The third kappa shape index (κ3) is 2.84. The molecular formula is C16H13ClN4O. The summed E-state index contributed by atoms with van der Waals surface area (Å²) < 4.78 is 1.74. The number of halogens is 1. The molecule has 1 aromatic carbocycles. The standard InChI is InChI=1S/C16H13ClN4O/c1-11-15(21-8-3-2-7-14(21)19-11)16(22)20-18-10-12-5-4-6-13(17)9-12/h2-10H,1H3,(H,20,22)/b18-10+. The summed E-state index contributed by atoms with van der Waals surface area (Å²) in [6.07, 6.45) is 3.34. The normalized spacial score (nSPS) is 11.2. The van der Waals surface area contributed by atoms with E-state index in [0.717, 1.165) is 11.2 Å². The van der Waals surface area contributed by atoms with Crippen molar-refractivity contribution in [3.8, 4) is 0 Å². The summed E-state index contributed by atoms with van der Waals surface area (Å²) >= 11 is 5.89. The fraction of sp³-hybridized carbons (Fsp3) is 0.0625. The zero-order chi connectivity index (χ0) is 15.5. The molecule has 0 unspecified atom stereocenters. The molecule has 3 aromatic rings. The van der Waals surface area contributed by atoms with Crippen LogP contribution in [0, 0.1) is 6.92 Å². The molecule has 1 amide bonds. The first-order valence-electron chi connectivity index (χ1n) is 6.68. The van der Waals surface area contributed by atoms with E-state index in [0.29, 0.717) is 16.4 Å². The quantitative estimate of drug-likeness (QED) is 0.597. The van der Waals surface area contributed by atoms with Crippen molar-refractivity contribution in [2.24, 2.45) is 5.10 Å². The first-order chi connectivity index (χ1) is 10.6. The zero-order valence-corrected chi connectivity index (χ0v) is 12.6. The average Bonchev–Trinajstić information content (AvgIpc) is 2.83. The number of hydrogen-bond acceptors (Lipinski definition) is 3. The van der Waals surface area contributed by atoms with Crippen LogP contribution in [0.15, 0.2) is 53.8 Å². The van der Waals surface area contributed by atoms with Crippen LogP contribution in [-0.4, -0.2) is 21.5 Å². The van der Waals surface area contributed by atoms with Gasteiger partial charge in [-0.05, 0) is 36.8 Å². The average molecular weight is 313 g/mol. The Bertz CT molecular complexity index is 869. The number of nitrogens with zero attached hydrogens (tertiary/aromatic N) is 3. The summed E-state index contributed by atoms with van der Waals surface area (Å²) in [6.45, 7) is 1.79. The largest absolute Gasteiger partial charge is 0.295 e. The Morgan fingerprint density at radius 2 is 2.18 bits per heavy atom. The number of fused-ring (bicyclic) bond motifs is 1. The molecule has 0 fully saturated rings. The van der Waals surface area contributed by atoms with Crippen molar-refractivity contribution in [3.63, 3.8) is 0 Å². The van der Waals surface area contributed by atoms with Crippen molar-refractivity contribution in [3.05, 3.63) is 70.6 Å². The number of aryl methyl sites for hydroxylation is 1. The number of carbonyl (C=O) groups excluding carboxylic acids is 1. The highest BCUT2D eigenvalue weighted by Gasteiger charge is 2.15. The maximum atomic E-state index is 12.3. The summed E-state index contributed by atoms with van der Waals surface area (Å²) in [4.78, 5) is 16.6. The van der Waals surface area contributed by atoms with E-state index >= 15 is 0 Å². The molecule has 110 valence electrons. The van der Waals surface area contributed by atoms with Crippen LogP contribution in [0.25, 0.3) is 5.65 Å². The number of benzene rings is 1. The summed E-state index contributed by atoms with van der Waals surface area (Å²) in [5.74, 6) is -0.311. The van der Waals surface area contributed by atoms with Crippen molar-refractivity contribution in [1.82, 2.24) is 14.8 Å². The lowest BCUT2D eigenvalue weighted by atomic mass is 10.2. The van der Waals surface area contributed by atoms with Crippen molar-refractivity contribution in [2.75, 3.05) is 0 Å². The van der Waals surface area contributed by atoms with Gasteiger partial charge in [0, 0.05) is 11.2 Å². The second-order valence-electron chi connectivity index (χ2n) is 4.73. The molecule has 0 atom stereocenters. The molecular weight excluding hydrogens is 300 g/mol. The third-order valence-electron chi connectivity index (χ3n) is 3.15. The number of hydrazone groups is 1. The first kappa shape index (κ1) is 14.3. The van der Waals surface area contributed by atoms with Crippen molar-refractivity contribution >= 4 is 29.4 Å². The first-order valence-corrected chi connectivity index (χ1v) is 7.05. The molecule has 2 heterocycles. The molecule has 0 aliphatic carbocycles. The van der Waals surface area contributed by atoms with E-state index in [9.17, 15) is 4.79 Å². The van der Waals surface area contributed by atoms with Gasteiger partial charge in [0.05, 0.1) is 11.9 Å². The van der Waals surface area contributed by atoms with Gasteiger partial charge in [-0.3, -0.25) is 9.20 Å². The Kier molecular flexibility index (Phi) is 3.89. The van der Waals surface area contributed by atoms with Gasteiger partial charge in [0.15, 0.2) is 0 Å². The predicted octanol–water partition coefficient (Wildman–Crippen LogP) is 3.06. The molecule has 0 spiro atoms. The van der Waals surface area contributed by atoms with Crippen LogP contribution in [0.5, 0.6) is 0 Å². The minimum Gasteiger partial charge on any atom is -0.295 e. The van der Waals surface area contributed by atoms with E-state index < -0.39 is 0 Å². The molecule has 1 N–H and O–H groups in total. The summed E-state index contributed by atoms with van der Waals surface area (Å²) in [5, 5.41) is 4.58. The number of pyridine rings is 1. The maximum absolute atomic E-state index is 12.3. The molecule has 0 saturated heterocycles. The van der Waals surface area contributed by atoms with Crippen LogP contribution < -0.4 is 5.43 Å². The van der Waals surface area contributed by atoms with E-state index in [-0.39, 0.29) is 5.91 Å². The molecule has 22 heavy (non-hydrogen) atoms. The number of hydrogen-bond donors (Lipinski definition) is 1. The van der Waals surface area contributed by atoms with Crippen LogP contribution in [0.2, 0.25) is 5.02 Å². The highest BCUT2D eigenvalue weighted by molar-refractivity contribution is 6.30. The zero-order valence-electron chi connectivity index (χ0n) is 11.8. The molecule has 0 aliphatic rings. The number of rotatable bonds is 3. The lowest BCUT2D eigenvalue weighted by Gasteiger charge is -2.01. The summed E-state index contributed by atoms with van der Waals surface area (Å²) in [5.41, 5.74) is 5.17. The van der Waals surface area contributed by atoms with E-state index in [1.165, 1.54) is 0 Å². The molecule has 0 radical (unpaired) electrons. The number of aromatic nitrogens is 2. The maximum Gasteiger partial charge on any atom is 0.290 e. The lowest BCUT2D eigenvalue weighted by Crippen LogP contribution is -2.20. The number of carbonyl (C=O) groups is 1. The molecule has 0 bridgehead atoms. The van der Waals surface area contributed by atoms with E-state index in [4.69, 9.17) is 11.6 Å². The van der Waals surface area contributed by atoms with E-state index in [2.05, 4.69) is 15.5 Å². The molecule has 5 nitrogen and oxygen atoms in total. The van der Waals surface area contributed by atoms with Crippen molar-refractivity contribution in [1.29, 1.82) is 0 Å². The monoisotopic (exact) mass is 312 g/mol. The second-order valence-corrected chi connectivity index (χ2v) is 5.17. The van der Waals surface area contributed by atoms with Gasteiger partial charge < -0.3 is 0 Å². The molecule has 0 aliphatic heterocycles. The van der Waals surface area contributed by atoms with Gasteiger partial charge in [-0.2, -0.15) is 5.10 Å². The number of nitrogens with one attached hydrogen (secondary N) is 1. The molecule has 2 aromatic heterocycles. The fourth-order valence-corrected chi connectivity index (χ4v) is 2.39. The van der Waals surface area contributed by atoms with Crippen LogP contribution in [0.3, 0.4) is 0 Å². The SMILES string of the molecule is Cc1nc2ccccn2c1C(=O)N/N=C/c1cccc(Cl)c1. The van der Waals surface area contributed by atoms with Crippen molar-refractivity contribution < 1.29 is 4.79 Å². The highest BCUT2D eigenvalue weighted by atomic mass is 35.5. The number of amides is 1. The Morgan fingerprint density at radius 1 is 1.32 bits per heavy atom. The molecule has 3 rings (SSSR count). The Hall–Kier alpha value is -2.66. The fourth-order valence-electron chi connectivity index (χ4n) is 2.19. The van der Waals surface area contributed by atoms with Gasteiger partial charge in [-0.25, -0.2) is 10.4 Å².